The van der Waals surface area contributed by atoms with Crippen molar-refractivity contribution in [1.82, 2.24) is 15.1 Å². The van der Waals surface area contributed by atoms with Crippen LogP contribution in [0.5, 0.6) is 0 Å². The SMILES string of the molecule is C=C(CNC(C)(C)C)CN(C)CC1CCCN1C. The highest BCUT2D eigenvalue weighted by atomic mass is 15.2. The maximum absolute atomic E-state index is 4.17. The molecule has 0 aliphatic carbocycles. The number of nitrogens with zero attached hydrogens (tertiary/aromatic N) is 2. The first-order chi connectivity index (χ1) is 8.28. The van der Waals surface area contributed by atoms with Crippen molar-refractivity contribution in [3.8, 4) is 0 Å². The molecule has 18 heavy (non-hydrogen) atoms. The zero-order valence-electron chi connectivity index (χ0n) is 12.9. The van der Waals surface area contributed by atoms with Gasteiger partial charge in [0.05, 0.1) is 0 Å². The molecule has 0 saturated carbocycles. The predicted molar refractivity (Wildman–Crippen MR) is 80.0 cm³/mol. The number of likely N-dealkylation sites (N-methyl/N-ethyl adjacent to an activating group) is 2. The molecule has 1 unspecified atom stereocenters. The van der Waals surface area contributed by atoms with Gasteiger partial charge in [-0.2, -0.15) is 0 Å². The summed E-state index contributed by atoms with van der Waals surface area (Å²) in [5.74, 6) is 0. The number of hydrogen-bond acceptors (Lipinski definition) is 3. The van der Waals surface area contributed by atoms with E-state index in [2.05, 4.69) is 56.6 Å². The Kier molecular flexibility index (Phi) is 5.83. The standard InChI is InChI=1S/C15H31N3/c1-13(10-16-15(2,3)4)11-17(5)12-14-8-7-9-18(14)6/h14,16H,1,7-12H2,2-6H3. The second-order valence-electron chi connectivity index (χ2n) is 6.83. The van der Waals surface area contributed by atoms with Gasteiger partial charge < -0.3 is 15.1 Å². The minimum Gasteiger partial charge on any atom is -0.308 e. The average Bonchev–Trinajstić information content (AvgIpc) is 2.60. The largest absolute Gasteiger partial charge is 0.308 e. The summed E-state index contributed by atoms with van der Waals surface area (Å²) in [6, 6.07) is 0.735. The molecule has 0 amide bonds. The lowest BCUT2D eigenvalue weighted by Crippen LogP contribution is -2.40. The van der Waals surface area contributed by atoms with Gasteiger partial charge in [-0.05, 0) is 59.8 Å². The first-order valence-electron chi connectivity index (χ1n) is 7.08. The Balaban J connectivity index is 2.23. The molecule has 1 aliphatic rings. The normalized spacial score (nSPS) is 21.8. The van der Waals surface area contributed by atoms with Crippen LogP contribution in [0.1, 0.15) is 33.6 Å². The van der Waals surface area contributed by atoms with Gasteiger partial charge in [0.15, 0.2) is 0 Å². The summed E-state index contributed by atoms with van der Waals surface area (Å²) < 4.78 is 0. The van der Waals surface area contributed by atoms with Crippen LogP contribution in [0.3, 0.4) is 0 Å². The van der Waals surface area contributed by atoms with Crippen LogP contribution in [0.4, 0.5) is 0 Å². The molecule has 0 aromatic carbocycles. The highest BCUT2D eigenvalue weighted by Crippen LogP contribution is 2.15. The van der Waals surface area contributed by atoms with Gasteiger partial charge in [-0.1, -0.05) is 6.58 Å². The van der Waals surface area contributed by atoms with Crippen molar-refractivity contribution in [1.29, 1.82) is 0 Å². The molecule has 1 rings (SSSR count). The summed E-state index contributed by atoms with van der Waals surface area (Å²) >= 11 is 0. The van der Waals surface area contributed by atoms with E-state index in [9.17, 15) is 0 Å². The van der Waals surface area contributed by atoms with E-state index >= 15 is 0 Å². The van der Waals surface area contributed by atoms with E-state index in [4.69, 9.17) is 0 Å². The fourth-order valence-electron chi connectivity index (χ4n) is 2.46. The number of hydrogen-bond donors (Lipinski definition) is 1. The maximum atomic E-state index is 4.17. The molecule has 0 radical (unpaired) electrons. The molecule has 3 heteroatoms. The van der Waals surface area contributed by atoms with Crippen LogP contribution in [0.25, 0.3) is 0 Å². The second-order valence-corrected chi connectivity index (χ2v) is 6.83. The Morgan fingerprint density at radius 2 is 2.11 bits per heavy atom. The molecule has 0 bridgehead atoms. The fourth-order valence-corrected chi connectivity index (χ4v) is 2.46. The van der Waals surface area contributed by atoms with E-state index in [0.717, 1.165) is 25.7 Å². The van der Waals surface area contributed by atoms with Crippen LogP contribution in [0.15, 0.2) is 12.2 Å². The summed E-state index contributed by atoms with van der Waals surface area (Å²) in [5, 5.41) is 3.49. The molecule has 106 valence electrons. The van der Waals surface area contributed by atoms with Crippen LogP contribution in [0.2, 0.25) is 0 Å². The summed E-state index contributed by atoms with van der Waals surface area (Å²) in [5.41, 5.74) is 1.45. The quantitative estimate of drug-likeness (QED) is 0.730. The van der Waals surface area contributed by atoms with E-state index in [0.29, 0.717) is 0 Å². The molecule has 1 saturated heterocycles. The van der Waals surface area contributed by atoms with E-state index in [1.165, 1.54) is 25.0 Å². The minimum absolute atomic E-state index is 0.174. The Morgan fingerprint density at radius 3 is 2.61 bits per heavy atom. The smallest absolute Gasteiger partial charge is 0.0220 e. The Hall–Kier alpha value is -0.380. The van der Waals surface area contributed by atoms with Gasteiger partial charge in [0, 0.05) is 31.2 Å². The fraction of sp³-hybridized carbons (Fsp3) is 0.867. The zero-order valence-corrected chi connectivity index (χ0v) is 12.9. The zero-order chi connectivity index (χ0) is 13.8. The summed E-state index contributed by atoms with van der Waals surface area (Å²) in [4.78, 5) is 4.88. The monoisotopic (exact) mass is 253 g/mol. The molecule has 1 heterocycles. The predicted octanol–water partition coefficient (Wildman–Crippen LogP) is 1.96. The highest BCUT2D eigenvalue weighted by molar-refractivity contribution is 5.01. The summed E-state index contributed by atoms with van der Waals surface area (Å²) in [7, 11) is 4.44. The van der Waals surface area contributed by atoms with E-state index in [1.54, 1.807) is 0 Å². The van der Waals surface area contributed by atoms with Crippen molar-refractivity contribution in [2.24, 2.45) is 0 Å². The first-order valence-corrected chi connectivity index (χ1v) is 7.08. The van der Waals surface area contributed by atoms with Crippen molar-refractivity contribution < 1.29 is 0 Å². The third-order valence-corrected chi connectivity index (χ3v) is 3.56. The molecule has 1 N–H and O–H groups in total. The number of likely N-dealkylation sites (tertiary alicyclic amines) is 1. The minimum atomic E-state index is 0.174. The average molecular weight is 253 g/mol. The Labute approximate surface area is 113 Å². The first kappa shape index (κ1) is 15.7. The van der Waals surface area contributed by atoms with Crippen LogP contribution >= 0.6 is 0 Å². The lowest BCUT2D eigenvalue weighted by atomic mass is 10.1. The lowest BCUT2D eigenvalue weighted by Gasteiger charge is -2.27. The molecule has 1 fully saturated rings. The van der Waals surface area contributed by atoms with Gasteiger partial charge in [0.25, 0.3) is 0 Å². The highest BCUT2D eigenvalue weighted by Gasteiger charge is 2.22. The van der Waals surface area contributed by atoms with Crippen LogP contribution in [-0.2, 0) is 0 Å². The van der Waals surface area contributed by atoms with E-state index in [1.807, 2.05) is 0 Å². The third-order valence-electron chi connectivity index (χ3n) is 3.56. The molecule has 1 atom stereocenters. The topological polar surface area (TPSA) is 18.5 Å². The maximum Gasteiger partial charge on any atom is 0.0220 e. The van der Waals surface area contributed by atoms with Gasteiger partial charge in [0.1, 0.15) is 0 Å². The lowest BCUT2D eigenvalue weighted by molar-refractivity contribution is 0.228. The summed E-state index contributed by atoms with van der Waals surface area (Å²) in [6.07, 6.45) is 2.69. The van der Waals surface area contributed by atoms with Gasteiger partial charge in [-0.3, -0.25) is 0 Å². The molecule has 3 nitrogen and oxygen atoms in total. The molecular weight excluding hydrogens is 222 g/mol. The molecule has 0 aromatic heterocycles. The van der Waals surface area contributed by atoms with Gasteiger partial charge in [-0.25, -0.2) is 0 Å². The van der Waals surface area contributed by atoms with Crippen molar-refractivity contribution in [2.75, 3.05) is 40.3 Å². The molecule has 1 aliphatic heterocycles. The van der Waals surface area contributed by atoms with Gasteiger partial charge >= 0.3 is 0 Å². The van der Waals surface area contributed by atoms with Gasteiger partial charge in [-0.15, -0.1) is 0 Å². The van der Waals surface area contributed by atoms with Crippen molar-refractivity contribution >= 4 is 0 Å². The number of rotatable bonds is 6. The Morgan fingerprint density at radius 1 is 1.44 bits per heavy atom. The molecular formula is C15H31N3. The summed E-state index contributed by atoms with van der Waals surface area (Å²) in [6.45, 7) is 15.1. The van der Waals surface area contributed by atoms with Gasteiger partial charge in [0.2, 0.25) is 0 Å². The Bertz CT molecular complexity index is 267. The van der Waals surface area contributed by atoms with Crippen LogP contribution in [-0.4, -0.2) is 61.7 Å². The van der Waals surface area contributed by atoms with Crippen molar-refractivity contribution in [3.63, 3.8) is 0 Å². The number of nitrogens with one attached hydrogen (secondary N) is 1. The molecule has 0 spiro atoms. The van der Waals surface area contributed by atoms with Crippen LogP contribution in [0, 0.1) is 0 Å². The van der Waals surface area contributed by atoms with Crippen LogP contribution < -0.4 is 5.32 Å². The van der Waals surface area contributed by atoms with E-state index < -0.39 is 0 Å². The van der Waals surface area contributed by atoms with Crippen molar-refractivity contribution in [2.45, 2.75) is 45.2 Å². The second kappa shape index (κ2) is 6.69. The molecule has 0 aromatic rings. The van der Waals surface area contributed by atoms with E-state index in [-0.39, 0.29) is 5.54 Å². The third kappa shape index (κ3) is 5.98. The van der Waals surface area contributed by atoms with Crippen molar-refractivity contribution in [3.05, 3.63) is 12.2 Å².